The lowest BCUT2D eigenvalue weighted by molar-refractivity contribution is 0.266. The van der Waals surface area contributed by atoms with E-state index in [1.165, 1.54) is 0 Å². The van der Waals surface area contributed by atoms with Crippen molar-refractivity contribution in [1.82, 2.24) is 9.97 Å². The Morgan fingerprint density at radius 2 is 2.35 bits per heavy atom. The number of halogens is 1. The second-order valence-electron chi connectivity index (χ2n) is 4.41. The van der Waals surface area contributed by atoms with Crippen molar-refractivity contribution in [2.75, 3.05) is 18.1 Å². The monoisotopic (exact) mass is 255 g/mol. The minimum atomic E-state index is 0.171. The highest BCUT2D eigenvalue weighted by Gasteiger charge is 2.25. The standard InChI is InChI=1S/C12H18ClN3O/c1-2-4-9-7-11(15-12(13)14-9)16-6-3-5-10(16)8-17/h7,10,17H,2-6,8H2,1H3/t10-/m0/s1. The molecule has 1 aromatic heterocycles. The molecule has 17 heavy (non-hydrogen) atoms. The summed E-state index contributed by atoms with van der Waals surface area (Å²) in [5, 5.41) is 9.62. The minimum absolute atomic E-state index is 0.171. The van der Waals surface area contributed by atoms with Gasteiger partial charge >= 0.3 is 0 Å². The Labute approximate surface area is 107 Å². The van der Waals surface area contributed by atoms with Crippen LogP contribution in [0.3, 0.4) is 0 Å². The SMILES string of the molecule is CCCc1cc(N2CCC[C@H]2CO)nc(Cl)n1. The number of aryl methyl sites for hydroxylation is 1. The van der Waals surface area contributed by atoms with Gasteiger partial charge in [-0.25, -0.2) is 9.97 Å². The topological polar surface area (TPSA) is 49.2 Å². The molecular weight excluding hydrogens is 238 g/mol. The second-order valence-corrected chi connectivity index (χ2v) is 4.75. The van der Waals surface area contributed by atoms with E-state index in [1.807, 2.05) is 6.07 Å². The molecule has 2 heterocycles. The fourth-order valence-electron chi connectivity index (χ4n) is 2.31. The minimum Gasteiger partial charge on any atom is -0.394 e. The van der Waals surface area contributed by atoms with Crippen molar-refractivity contribution in [3.63, 3.8) is 0 Å². The summed E-state index contributed by atoms with van der Waals surface area (Å²) in [5.74, 6) is 0.852. The van der Waals surface area contributed by atoms with E-state index in [0.29, 0.717) is 5.28 Å². The molecule has 1 aromatic rings. The van der Waals surface area contributed by atoms with Gasteiger partial charge in [-0.05, 0) is 30.9 Å². The largest absolute Gasteiger partial charge is 0.394 e. The summed E-state index contributed by atoms with van der Waals surface area (Å²) < 4.78 is 0. The van der Waals surface area contributed by atoms with Crippen molar-refractivity contribution in [3.8, 4) is 0 Å². The molecule has 1 aliphatic heterocycles. The first-order valence-corrected chi connectivity index (χ1v) is 6.53. The third-order valence-electron chi connectivity index (χ3n) is 3.13. The van der Waals surface area contributed by atoms with E-state index in [2.05, 4.69) is 21.8 Å². The molecular formula is C12H18ClN3O. The molecule has 4 nitrogen and oxygen atoms in total. The van der Waals surface area contributed by atoms with Crippen LogP contribution in [-0.2, 0) is 6.42 Å². The molecule has 0 radical (unpaired) electrons. The second kappa shape index (κ2) is 5.65. The van der Waals surface area contributed by atoms with E-state index >= 15 is 0 Å². The van der Waals surface area contributed by atoms with Crippen LogP contribution < -0.4 is 4.90 Å². The summed E-state index contributed by atoms with van der Waals surface area (Å²) in [6.45, 7) is 3.22. The number of hydrogen-bond acceptors (Lipinski definition) is 4. The lowest BCUT2D eigenvalue weighted by Crippen LogP contribution is -2.32. The Morgan fingerprint density at radius 1 is 1.53 bits per heavy atom. The first kappa shape index (κ1) is 12.6. The zero-order chi connectivity index (χ0) is 12.3. The van der Waals surface area contributed by atoms with E-state index in [-0.39, 0.29) is 12.6 Å². The smallest absolute Gasteiger partial charge is 0.224 e. The van der Waals surface area contributed by atoms with E-state index in [4.69, 9.17) is 11.6 Å². The van der Waals surface area contributed by atoms with Gasteiger partial charge in [0.25, 0.3) is 0 Å². The maximum Gasteiger partial charge on any atom is 0.224 e. The Kier molecular flexibility index (Phi) is 4.18. The summed E-state index contributed by atoms with van der Waals surface area (Å²) in [5.41, 5.74) is 0.978. The van der Waals surface area contributed by atoms with Crippen molar-refractivity contribution in [3.05, 3.63) is 17.0 Å². The zero-order valence-corrected chi connectivity index (χ0v) is 10.8. The fraction of sp³-hybridized carbons (Fsp3) is 0.667. The van der Waals surface area contributed by atoms with Gasteiger partial charge in [-0.2, -0.15) is 0 Å². The van der Waals surface area contributed by atoms with Gasteiger partial charge in [0.15, 0.2) is 0 Å². The molecule has 0 unspecified atom stereocenters. The molecule has 0 bridgehead atoms. The lowest BCUT2D eigenvalue weighted by Gasteiger charge is -2.24. The van der Waals surface area contributed by atoms with Crippen LogP contribution in [0, 0.1) is 0 Å². The molecule has 1 N–H and O–H groups in total. The van der Waals surface area contributed by atoms with Crippen molar-refractivity contribution in [1.29, 1.82) is 0 Å². The summed E-state index contributed by atoms with van der Waals surface area (Å²) in [6, 6.07) is 2.17. The molecule has 5 heteroatoms. The van der Waals surface area contributed by atoms with Gasteiger partial charge in [0.05, 0.1) is 12.6 Å². The molecule has 0 saturated carbocycles. The number of nitrogens with zero attached hydrogens (tertiary/aromatic N) is 3. The van der Waals surface area contributed by atoms with Gasteiger partial charge in [-0.15, -0.1) is 0 Å². The maximum atomic E-state index is 9.32. The highest BCUT2D eigenvalue weighted by Crippen LogP contribution is 2.25. The number of aliphatic hydroxyl groups excluding tert-OH is 1. The molecule has 1 fully saturated rings. The Bertz CT molecular complexity index is 386. The first-order chi connectivity index (χ1) is 8.24. The molecule has 2 rings (SSSR count). The van der Waals surface area contributed by atoms with Crippen molar-refractivity contribution < 1.29 is 5.11 Å². The number of aliphatic hydroxyl groups is 1. The lowest BCUT2D eigenvalue weighted by atomic mass is 10.2. The molecule has 1 saturated heterocycles. The van der Waals surface area contributed by atoms with E-state index in [0.717, 1.165) is 43.7 Å². The molecule has 1 atom stereocenters. The van der Waals surface area contributed by atoms with Crippen LogP contribution in [0.5, 0.6) is 0 Å². The van der Waals surface area contributed by atoms with Gasteiger partial charge in [0.1, 0.15) is 5.82 Å². The molecule has 94 valence electrons. The Hall–Kier alpha value is -0.870. The van der Waals surface area contributed by atoms with Gasteiger partial charge < -0.3 is 10.0 Å². The molecule has 0 aliphatic carbocycles. The Balaban J connectivity index is 2.24. The number of anilines is 1. The van der Waals surface area contributed by atoms with Crippen LogP contribution in [0.4, 0.5) is 5.82 Å². The summed E-state index contributed by atoms with van der Waals surface area (Å²) >= 11 is 5.94. The number of rotatable bonds is 4. The molecule has 0 amide bonds. The van der Waals surface area contributed by atoms with Crippen LogP contribution >= 0.6 is 11.6 Å². The third-order valence-corrected chi connectivity index (χ3v) is 3.30. The normalized spacial score (nSPS) is 19.9. The highest BCUT2D eigenvalue weighted by molar-refractivity contribution is 6.28. The fourth-order valence-corrected chi connectivity index (χ4v) is 2.51. The molecule has 0 aromatic carbocycles. The quantitative estimate of drug-likeness (QED) is 0.837. The van der Waals surface area contributed by atoms with Crippen molar-refractivity contribution in [2.24, 2.45) is 0 Å². The third kappa shape index (κ3) is 2.87. The van der Waals surface area contributed by atoms with Crippen LogP contribution in [0.1, 0.15) is 31.9 Å². The summed E-state index contributed by atoms with van der Waals surface area (Å²) in [6.07, 6.45) is 4.06. The van der Waals surface area contributed by atoms with Crippen LogP contribution in [0.15, 0.2) is 6.07 Å². The first-order valence-electron chi connectivity index (χ1n) is 6.15. The maximum absolute atomic E-state index is 9.32. The van der Waals surface area contributed by atoms with Crippen LogP contribution in [-0.4, -0.2) is 34.3 Å². The van der Waals surface area contributed by atoms with Crippen LogP contribution in [0.2, 0.25) is 5.28 Å². The molecule has 1 aliphatic rings. The van der Waals surface area contributed by atoms with E-state index in [1.54, 1.807) is 0 Å². The van der Waals surface area contributed by atoms with Crippen molar-refractivity contribution in [2.45, 2.75) is 38.6 Å². The van der Waals surface area contributed by atoms with Gasteiger partial charge in [-0.3, -0.25) is 0 Å². The van der Waals surface area contributed by atoms with Crippen LogP contribution in [0.25, 0.3) is 0 Å². The van der Waals surface area contributed by atoms with Gasteiger partial charge in [0.2, 0.25) is 5.28 Å². The highest BCUT2D eigenvalue weighted by atomic mass is 35.5. The van der Waals surface area contributed by atoms with Gasteiger partial charge in [0, 0.05) is 18.3 Å². The Morgan fingerprint density at radius 3 is 3.06 bits per heavy atom. The summed E-state index contributed by atoms with van der Waals surface area (Å²) in [4.78, 5) is 10.6. The number of hydrogen-bond donors (Lipinski definition) is 1. The average molecular weight is 256 g/mol. The van der Waals surface area contributed by atoms with E-state index in [9.17, 15) is 5.11 Å². The van der Waals surface area contributed by atoms with Gasteiger partial charge in [-0.1, -0.05) is 13.3 Å². The van der Waals surface area contributed by atoms with Crippen molar-refractivity contribution >= 4 is 17.4 Å². The predicted octanol–water partition coefficient (Wildman–Crippen LogP) is 2.04. The number of aromatic nitrogens is 2. The average Bonchev–Trinajstić information content (AvgIpc) is 2.76. The van der Waals surface area contributed by atoms with E-state index < -0.39 is 0 Å². The summed E-state index contributed by atoms with van der Waals surface area (Å²) in [7, 11) is 0. The zero-order valence-electron chi connectivity index (χ0n) is 10.1. The molecule has 0 spiro atoms. The predicted molar refractivity (Wildman–Crippen MR) is 68.5 cm³/mol.